The van der Waals surface area contributed by atoms with E-state index in [1.165, 1.54) is 4.31 Å². The number of alkyl halides is 1. The lowest BCUT2D eigenvalue weighted by molar-refractivity contribution is -0.123. The van der Waals surface area contributed by atoms with Crippen LogP contribution in [-0.2, 0) is 24.3 Å². The number of rotatable bonds is 8. The molecule has 3 fully saturated rings. The van der Waals surface area contributed by atoms with E-state index < -0.39 is 15.3 Å². The molecule has 31 heavy (non-hydrogen) atoms. The summed E-state index contributed by atoms with van der Waals surface area (Å²) in [7, 11) is -0.283. The molecule has 9 heteroatoms. The summed E-state index contributed by atoms with van der Waals surface area (Å²) in [5.74, 6) is -0.193. The van der Waals surface area contributed by atoms with Gasteiger partial charge in [-0.2, -0.15) is 4.31 Å². The molecule has 3 aliphatic rings. The molecule has 0 spiro atoms. The average Bonchev–Trinajstić information content (AvgIpc) is 2.79. The van der Waals surface area contributed by atoms with Crippen LogP contribution in [0.3, 0.4) is 0 Å². The van der Waals surface area contributed by atoms with Crippen molar-refractivity contribution in [1.82, 2.24) is 9.62 Å². The van der Waals surface area contributed by atoms with Gasteiger partial charge in [0.25, 0.3) is 0 Å². The second-order valence-electron chi connectivity index (χ2n) is 9.38. The lowest BCUT2D eigenvalue weighted by Gasteiger charge is -2.42. The fourth-order valence-corrected chi connectivity index (χ4v) is 8.19. The predicted molar refractivity (Wildman–Crippen MR) is 125 cm³/mol. The average molecular weight is 524 g/mol. The summed E-state index contributed by atoms with van der Waals surface area (Å²) in [6.45, 7) is -0.116. The Balaban J connectivity index is 1.76. The van der Waals surface area contributed by atoms with Gasteiger partial charge in [0.05, 0.1) is 30.0 Å². The number of amides is 1. The number of hydrogen-bond acceptors (Lipinski definition) is 5. The molecule has 3 atom stereocenters. The van der Waals surface area contributed by atoms with Crippen LogP contribution in [0.25, 0.3) is 0 Å². The van der Waals surface area contributed by atoms with Crippen molar-refractivity contribution < 1.29 is 22.7 Å². The molecule has 0 bridgehead atoms. The number of halogens is 1. The Morgan fingerprint density at radius 3 is 2.26 bits per heavy atom. The van der Waals surface area contributed by atoms with Crippen molar-refractivity contribution in [2.24, 2.45) is 0 Å². The molecule has 3 aliphatic carbocycles. The van der Waals surface area contributed by atoms with E-state index in [4.69, 9.17) is 9.47 Å². The van der Waals surface area contributed by atoms with Crippen molar-refractivity contribution in [3.8, 4) is 0 Å². The number of carbonyl (C=O) groups excluding carboxylic acids is 1. The van der Waals surface area contributed by atoms with E-state index in [-0.39, 0.29) is 36.7 Å². The first-order chi connectivity index (χ1) is 14.8. The molecule has 0 aromatic heterocycles. The van der Waals surface area contributed by atoms with Crippen molar-refractivity contribution in [3.05, 3.63) is 0 Å². The van der Waals surface area contributed by atoms with Gasteiger partial charge in [-0.05, 0) is 51.4 Å². The van der Waals surface area contributed by atoms with Crippen LogP contribution in [0.15, 0.2) is 0 Å². The highest BCUT2D eigenvalue weighted by Gasteiger charge is 2.44. The van der Waals surface area contributed by atoms with Crippen molar-refractivity contribution in [2.75, 3.05) is 20.8 Å². The maximum absolute atomic E-state index is 13.7. The molecular weight excluding hydrogens is 484 g/mol. The summed E-state index contributed by atoms with van der Waals surface area (Å²) in [6, 6.07) is -0.199. The first-order valence-corrected chi connectivity index (χ1v) is 14.3. The Morgan fingerprint density at radius 1 is 0.968 bits per heavy atom. The van der Waals surface area contributed by atoms with E-state index in [2.05, 4.69) is 21.2 Å². The summed E-state index contributed by atoms with van der Waals surface area (Å²) in [5.41, 5.74) is 0. The summed E-state index contributed by atoms with van der Waals surface area (Å²) in [4.78, 5) is 13.5. The molecule has 0 saturated heterocycles. The molecule has 0 radical (unpaired) electrons. The van der Waals surface area contributed by atoms with E-state index in [9.17, 15) is 13.2 Å². The molecule has 0 heterocycles. The van der Waals surface area contributed by atoms with E-state index in [0.29, 0.717) is 30.5 Å². The third-order valence-electron chi connectivity index (χ3n) is 7.34. The molecule has 180 valence electrons. The summed E-state index contributed by atoms with van der Waals surface area (Å²) in [6.07, 6.45) is 10.1. The van der Waals surface area contributed by atoms with Crippen LogP contribution in [0.4, 0.5) is 0 Å². The number of methoxy groups -OCH3 is 2. The van der Waals surface area contributed by atoms with Crippen molar-refractivity contribution in [3.63, 3.8) is 0 Å². The van der Waals surface area contributed by atoms with Crippen LogP contribution in [-0.4, -0.2) is 73.8 Å². The zero-order valence-electron chi connectivity index (χ0n) is 18.9. The number of nitrogens with zero attached hydrogens (tertiary/aromatic N) is 1. The van der Waals surface area contributed by atoms with Gasteiger partial charge in [0.1, 0.15) is 0 Å². The molecule has 0 aromatic carbocycles. The highest BCUT2D eigenvalue weighted by atomic mass is 79.9. The lowest BCUT2D eigenvalue weighted by Crippen LogP contribution is -2.57. The molecule has 7 nitrogen and oxygen atoms in total. The normalized spacial score (nSPS) is 33.4. The largest absolute Gasteiger partial charge is 0.381 e. The number of nitrogens with one attached hydrogen (secondary N) is 1. The number of carbonyl (C=O) groups is 1. The first-order valence-electron chi connectivity index (χ1n) is 11.8. The van der Waals surface area contributed by atoms with Gasteiger partial charge in [-0.3, -0.25) is 4.79 Å². The Labute approximate surface area is 196 Å². The minimum absolute atomic E-state index is 0.0636. The zero-order valence-corrected chi connectivity index (χ0v) is 21.3. The van der Waals surface area contributed by atoms with E-state index in [0.717, 1.165) is 51.4 Å². The second-order valence-corrected chi connectivity index (χ2v) is 12.8. The molecule has 3 rings (SSSR count). The minimum atomic E-state index is -3.59. The van der Waals surface area contributed by atoms with Crippen molar-refractivity contribution in [1.29, 1.82) is 0 Å². The quantitative estimate of drug-likeness (QED) is 0.494. The minimum Gasteiger partial charge on any atom is -0.381 e. The zero-order chi connectivity index (χ0) is 22.4. The highest BCUT2D eigenvalue weighted by molar-refractivity contribution is 9.09. The van der Waals surface area contributed by atoms with Crippen LogP contribution < -0.4 is 5.32 Å². The standard InChI is InChI=1S/C22H39BrN2O5S/c1-29-18-12-13-20(21(14-18)30-2)25(31(27,28)19-6-4-3-5-7-19)15-22(26)24-17-10-8-16(23)9-11-17/h16-21H,3-15H2,1-2H3,(H,24,26). The smallest absolute Gasteiger partial charge is 0.235 e. The van der Waals surface area contributed by atoms with Gasteiger partial charge < -0.3 is 14.8 Å². The fraction of sp³-hybridized carbons (Fsp3) is 0.955. The third-order valence-corrected chi connectivity index (χ3v) is 10.6. The predicted octanol–water partition coefficient (Wildman–Crippen LogP) is 3.36. The van der Waals surface area contributed by atoms with Gasteiger partial charge in [0.2, 0.25) is 15.9 Å². The Kier molecular flexibility index (Phi) is 9.64. The SMILES string of the molecule is COC1CCC(N(CC(=O)NC2CCC(Br)CC2)S(=O)(=O)C2CCCCC2)C(OC)C1. The van der Waals surface area contributed by atoms with Gasteiger partial charge in [-0.1, -0.05) is 35.2 Å². The van der Waals surface area contributed by atoms with Gasteiger partial charge in [0, 0.05) is 31.5 Å². The lowest BCUT2D eigenvalue weighted by atomic mass is 9.90. The summed E-state index contributed by atoms with van der Waals surface area (Å²) < 4.78 is 40.2. The monoisotopic (exact) mass is 522 g/mol. The van der Waals surface area contributed by atoms with Gasteiger partial charge >= 0.3 is 0 Å². The molecule has 3 saturated carbocycles. The van der Waals surface area contributed by atoms with Crippen molar-refractivity contribution in [2.45, 2.75) is 111 Å². The Bertz CT molecular complexity index is 677. The third kappa shape index (κ3) is 6.65. The van der Waals surface area contributed by atoms with E-state index in [1.807, 2.05) is 0 Å². The van der Waals surface area contributed by atoms with Crippen molar-refractivity contribution >= 4 is 31.9 Å². The van der Waals surface area contributed by atoms with Crippen LogP contribution in [0, 0.1) is 0 Å². The Morgan fingerprint density at radius 2 is 1.65 bits per heavy atom. The number of hydrogen-bond donors (Lipinski definition) is 1. The number of ether oxygens (including phenoxy) is 2. The Hall–Kier alpha value is -0.220. The van der Waals surface area contributed by atoms with Crippen LogP contribution >= 0.6 is 15.9 Å². The topological polar surface area (TPSA) is 84.9 Å². The fourth-order valence-electron chi connectivity index (χ4n) is 5.44. The van der Waals surface area contributed by atoms with Gasteiger partial charge in [0.15, 0.2) is 0 Å². The number of sulfonamides is 1. The summed E-state index contributed by atoms with van der Waals surface area (Å²) in [5, 5.41) is 2.71. The molecule has 0 aliphatic heterocycles. The molecule has 3 unspecified atom stereocenters. The van der Waals surface area contributed by atoms with Crippen LogP contribution in [0.5, 0.6) is 0 Å². The molecule has 1 N–H and O–H groups in total. The van der Waals surface area contributed by atoms with Crippen LogP contribution in [0.1, 0.15) is 77.0 Å². The van der Waals surface area contributed by atoms with E-state index in [1.54, 1.807) is 14.2 Å². The maximum Gasteiger partial charge on any atom is 0.235 e. The molecular formula is C22H39BrN2O5S. The highest BCUT2D eigenvalue weighted by Crippen LogP contribution is 2.33. The molecule has 1 amide bonds. The van der Waals surface area contributed by atoms with Gasteiger partial charge in [-0.25, -0.2) is 8.42 Å². The van der Waals surface area contributed by atoms with E-state index >= 15 is 0 Å². The summed E-state index contributed by atoms with van der Waals surface area (Å²) >= 11 is 3.65. The van der Waals surface area contributed by atoms with Gasteiger partial charge in [-0.15, -0.1) is 0 Å². The second kappa shape index (κ2) is 11.8. The van der Waals surface area contributed by atoms with Crippen LogP contribution in [0.2, 0.25) is 0 Å². The molecule has 0 aromatic rings. The first kappa shape index (κ1) is 25.4. The maximum atomic E-state index is 13.7.